The molecule has 2 aliphatic carbocycles. The van der Waals surface area contributed by atoms with Crippen molar-refractivity contribution in [3.63, 3.8) is 0 Å². The lowest BCUT2D eigenvalue weighted by Crippen LogP contribution is -2.30. The number of hydrogen-bond acceptors (Lipinski definition) is 20. The number of thiazole rings is 1. The highest BCUT2D eigenvalue weighted by Gasteiger charge is 2.33. The van der Waals surface area contributed by atoms with Crippen molar-refractivity contribution in [3.8, 4) is 34.5 Å². The second-order valence-electron chi connectivity index (χ2n) is 21.0. The van der Waals surface area contributed by atoms with Crippen LogP contribution in [-0.2, 0) is 42.9 Å². The molecule has 2 fully saturated rings. The molecule has 1 aromatic heterocycles. The van der Waals surface area contributed by atoms with Crippen molar-refractivity contribution in [3.05, 3.63) is 122 Å². The number of aliphatic hydroxyl groups is 1. The molecule has 0 aliphatic heterocycles. The summed E-state index contributed by atoms with van der Waals surface area (Å²) in [6, 6.07) is 27.1. The Morgan fingerprint density at radius 3 is 1.57 bits per heavy atom. The molecule has 7 rings (SSSR count). The molecule has 0 bridgehead atoms. The summed E-state index contributed by atoms with van der Waals surface area (Å²) in [5, 5.41) is 16.4. The van der Waals surface area contributed by atoms with Crippen LogP contribution < -0.4 is 33.4 Å². The standard InChI is InChI=1S/C66H81N3O16S/c1-3-61(71)80-39-13-7-5-11-37-78-53-25-29-55(30-26-53)83-63(73)49-19-17-48(18-20-49)47-82-57-33-34-59(52(45-57)46-67-69(35-41-76-43-44-77-42-36-70)66-68-58-15-9-10-16-60(58)86-66)85-65(75)51-23-21-50(22-24-51)64(74)84-56-31-27-54(28-32-56)79-38-12-6-8-14-40-81-62(72)4-2/h3-4,9-10,15-16,25-34,45-46,48-51,70H,1-2,5-8,11-14,17-24,35-44,47H2/b67-46+. The minimum atomic E-state index is -0.446. The van der Waals surface area contributed by atoms with Gasteiger partial charge in [-0.25, -0.2) is 19.6 Å². The van der Waals surface area contributed by atoms with Crippen molar-refractivity contribution in [1.29, 1.82) is 0 Å². The van der Waals surface area contributed by atoms with Crippen LogP contribution in [0.3, 0.4) is 0 Å². The minimum Gasteiger partial charge on any atom is -0.494 e. The average molecular weight is 1200 g/mol. The maximum absolute atomic E-state index is 14.0. The van der Waals surface area contributed by atoms with Crippen molar-refractivity contribution < 1.29 is 76.4 Å². The fourth-order valence-electron chi connectivity index (χ4n) is 9.75. The quantitative estimate of drug-likeness (QED) is 0.00968. The summed E-state index contributed by atoms with van der Waals surface area (Å²) < 4.78 is 58.1. The molecule has 5 aromatic rings. The maximum Gasteiger partial charge on any atom is 0.330 e. The summed E-state index contributed by atoms with van der Waals surface area (Å²) in [7, 11) is 0. The summed E-state index contributed by atoms with van der Waals surface area (Å²) in [6.45, 7) is 10.5. The van der Waals surface area contributed by atoms with Gasteiger partial charge in [0.15, 0.2) is 0 Å². The maximum atomic E-state index is 14.0. The second-order valence-corrected chi connectivity index (χ2v) is 22.0. The number of hydrogen-bond donors (Lipinski definition) is 1. The molecule has 1 N–H and O–H groups in total. The van der Waals surface area contributed by atoms with E-state index < -0.39 is 23.8 Å². The molecular weight excluding hydrogens is 1120 g/mol. The molecule has 1 heterocycles. The molecule has 4 aromatic carbocycles. The number of ether oxygens (including phenoxy) is 10. The molecule has 0 unspecified atom stereocenters. The largest absolute Gasteiger partial charge is 0.494 e. The van der Waals surface area contributed by atoms with Crippen molar-refractivity contribution in [1.82, 2.24) is 4.98 Å². The smallest absolute Gasteiger partial charge is 0.330 e. The fraction of sp³-hybridized carbons (Fsp3) is 0.470. The SMILES string of the molecule is C=CC(=O)OCCCCCCOc1ccc(OC(=O)C2CCC(COc3ccc(OC(=O)C4CCC(C(=O)Oc5ccc(OCCCCCCOC(=O)C=C)cc5)CC4)c(/C=N/N(CCOCCOCCO)c4nc5ccccc5s4)c3)CC2)cc1. The highest BCUT2D eigenvalue weighted by Crippen LogP contribution is 2.35. The Balaban J connectivity index is 0.909. The van der Waals surface area contributed by atoms with Gasteiger partial charge in [0.05, 0.1) is 107 Å². The van der Waals surface area contributed by atoms with Gasteiger partial charge in [0.2, 0.25) is 5.13 Å². The van der Waals surface area contributed by atoms with E-state index in [1.807, 2.05) is 24.3 Å². The Morgan fingerprint density at radius 1 is 0.547 bits per heavy atom. The van der Waals surface area contributed by atoms with E-state index in [2.05, 4.69) is 13.2 Å². The number of esters is 5. The fourth-order valence-corrected chi connectivity index (χ4v) is 10.7. The molecule has 0 spiro atoms. The van der Waals surface area contributed by atoms with Gasteiger partial charge < -0.3 is 52.5 Å². The summed E-state index contributed by atoms with van der Waals surface area (Å²) in [6.07, 6.45) is 15.6. The first kappa shape index (κ1) is 65.9. The van der Waals surface area contributed by atoms with Gasteiger partial charge in [0, 0.05) is 17.7 Å². The Kier molecular flexibility index (Phi) is 28.4. The van der Waals surface area contributed by atoms with Crippen molar-refractivity contribution in [2.45, 2.75) is 103 Å². The number of hydrazone groups is 1. The number of rotatable bonds is 38. The van der Waals surface area contributed by atoms with E-state index >= 15 is 0 Å². The zero-order valence-corrected chi connectivity index (χ0v) is 49.8. The lowest BCUT2D eigenvalue weighted by atomic mass is 9.82. The van der Waals surface area contributed by atoms with Gasteiger partial charge in [-0.3, -0.25) is 14.4 Å². The molecule has 462 valence electrons. The number of aliphatic hydroxyl groups excluding tert-OH is 1. The van der Waals surface area contributed by atoms with Crippen molar-refractivity contribution >= 4 is 62.7 Å². The number of benzene rings is 4. The number of aromatic nitrogens is 1. The molecule has 0 saturated heterocycles. The molecule has 2 aliphatic rings. The third-order valence-electron chi connectivity index (χ3n) is 14.7. The summed E-state index contributed by atoms with van der Waals surface area (Å²) in [4.78, 5) is 67.8. The highest BCUT2D eigenvalue weighted by atomic mass is 32.1. The number of nitrogens with zero attached hydrogens (tertiary/aromatic N) is 3. The van der Waals surface area contributed by atoms with E-state index in [0.717, 1.165) is 86.6 Å². The number of anilines is 1. The van der Waals surface area contributed by atoms with Gasteiger partial charge in [-0.1, -0.05) is 36.6 Å². The Morgan fingerprint density at radius 2 is 1.03 bits per heavy atom. The van der Waals surface area contributed by atoms with Crippen LogP contribution in [0, 0.1) is 23.7 Å². The van der Waals surface area contributed by atoms with Crippen LogP contribution >= 0.6 is 11.3 Å². The van der Waals surface area contributed by atoms with E-state index in [9.17, 15) is 24.0 Å². The van der Waals surface area contributed by atoms with Gasteiger partial charge in [-0.15, -0.1) is 0 Å². The van der Waals surface area contributed by atoms with Crippen LogP contribution in [0.1, 0.15) is 108 Å². The number of carbonyl (C=O) groups excluding carboxylic acids is 5. The first-order valence-electron chi connectivity index (χ1n) is 30.0. The molecule has 20 heteroatoms. The monoisotopic (exact) mass is 1200 g/mol. The van der Waals surface area contributed by atoms with Gasteiger partial charge in [0.1, 0.15) is 34.5 Å². The Labute approximate surface area is 507 Å². The molecule has 86 heavy (non-hydrogen) atoms. The summed E-state index contributed by atoms with van der Waals surface area (Å²) >= 11 is 1.48. The van der Waals surface area contributed by atoms with Gasteiger partial charge >= 0.3 is 29.8 Å². The number of unbranched alkanes of at least 4 members (excludes halogenated alkanes) is 6. The lowest BCUT2D eigenvalue weighted by molar-refractivity contribution is -0.145. The average Bonchev–Trinajstić information content (AvgIpc) is 4.14. The van der Waals surface area contributed by atoms with E-state index in [1.54, 1.807) is 78.0 Å². The zero-order chi connectivity index (χ0) is 60.6. The Hall–Kier alpha value is -7.65. The number of para-hydroxylation sites is 1. The predicted molar refractivity (Wildman–Crippen MR) is 326 cm³/mol. The first-order chi connectivity index (χ1) is 42.1. The van der Waals surface area contributed by atoms with E-state index in [1.165, 1.54) is 11.3 Å². The minimum absolute atomic E-state index is 0.0709. The van der Waals surface area contributed by atoms with Gasteiger partial charge in [0.25, 0.3) is 0 Å². The van der Waals surface area contributed by atoms with Crippen LogP contribution in [0.4, 0.5) is 5.13 Å². The van der Waals surface area contributed by atoms with Crippen LogP contribution in [0.2, 0.25) is 0 Å². The number of fused-ring (bicyclic) bond motifs is 1. The molecular formula is C66H81N3O16S. The summed E-state index contributed by atoms with van der Waals surface area (Å²) in [5.41, 5.74) is 1.32. The van der Waals surface area contributed by atoms with Crippen LogP contribution in [0.5, 0.6) is 34.5 Å². The molecule has 0 amide bonds. The third kappa shape index (κ3) is 23.0. The van der Waals surface area contributed by atoms with E-state index in [-0.39, 0.29) is 42.9 Å². The van der Waals surface area contributed by atoms with Gasteiger partial charge in [-0.05, 0) is 188 Å². The highest BCUT2D eigenvalue weighted by molar-refractivity contribution is 7.22. The molecule has 0 atom stereocenters. The van der Waals surface area contributed by atoms with E-state index in [4.69, 9.17) is 62.6 Å². The number of carbonyl (C=O) groups is 5. The lowest BCUT2D eigenvalue weighted by Gasteiger charge is -2.27. The predicted octanol–water partition coefficient (Wildman–Crippen LogP) is 11.6. The summed E-state index contributed by atoms with van der Waals surface area (Å²) in [5.74, 6) is 0.379. The molecule has 2 saturated carbocycles. The normalized spacial score (nSPS) is 16.6. The van der Waals surface area contributed by atoms with E-state index in [0.29, 0.717) is 143 Å². The third-order valence-corrected chi connectivity index (χ3v) is 15.7. The van der Waals surface area contributed by atoms with Crippen molar-refractivity contribution in [2.75, 3.05) is 77.6 Å². The topological polar surface area (TPSA) is 226 Å². The van der Waals surface area contributed by atoms with Crippen LogP contribution in [0.25, 0.3) is 10.2 Å². The van der Waals surface area contributed by atoms with Crippen LogP contribution in [0.15, 0.2) is 121 Å². The van der Waals surface area contributed by atoms with Crippen LogP contribution in [-0.4, -0.2) is 119 Å². The first-order valence-corrected chi connectivity index (χ1v) is 30.8. The Bertz CT molecular complexity index is 2900. The van der Waals surface area contributed by atoms with Crippen molar-refractivity contribution in [2.24, 2.45) is 28.8 Å². The molecule has 19 nitrogen and oxygen atoms in total. The molecule has 0 radical (unpaired) electrons. The zero-order valence-electron chi connectivity index (χ0n) is 49.0. The second kappa shape index (κ2) is 37.0. The van der Waals surface area contributed by atoms with Gasteiger partial charge in [-0.2, -0.15) is 5.10 Å².